The first-order chi connectivity index (χ1) is 6.79. The SMILES string of the molecule is NCCCC1Cc2cc(Cl)ccc2N1. The van der Waals surface area contributed by atoms with E-state index < -0.39 is 0 Å². The van der Waals surface area contributed by atoms with Gasteiger partial charge in [-0.25, -0.2) is 0 Å². The zero-order valence-corrected chi connectivity index (χ0v) is 8.85. The summed E-state index contributed by atoms with van der Waals surface area (Å²) in [5.74, 6) is 0. The first-order valence-corrected chi connectivity index (χ1v) is 5.42. The second-order valence-electron chi connectivity index (χ2n) is 3.78. The Balaban J connectivity index is 2.03. The fourth-order valence-corrected chi connectivity index (χ4v) is 2.14. The van der Waals surface area contributed by atoms with Gasteiger partial charge in [-0.1, -0.05) is 11.6 Å². The second kappa shape index (κ2) is 4.20. The summed E-state index contributed by atoms with van der Waals surface area (Å²) < 4.78 is 0. The first-order valence-electron chi connectivity index (χ1n) is 5.04. The van der Waals surface area contributed by atoms with Gasteiger partial charge in [0.05, 0.1) is 0 Å². The maximum atomic E-state index is 5.93. The van der Waals surface area contributed by atoms with Gasteiger partial charge in [-0.15, -0.1) is 0 Å². The minimum absolute atomic E-state index is 0.548. The van der Waals surface area contributed by atoms with E-state index in [1.165, 1.54) is 11.3 Å². The monoisotopic (exact) mass is 210 g/mol. The highest BCUT2D eigenvalue weighted by Gasteiger charge is 2.19. The third-order valence-corrected chi connectivity index (χ3v) is 2.89. The van der Waals surface area contributed by atoms with Gasteiger partial charge in [-0.05, 0) is 49.6 Å². The predicted octanol–water partition coefficient (Wildman–Crippen LogP) is 2.42. The topological polar surface area (TPSA) is 38.0 Å². The molecule has 0 amide bonds. The average Bonchev–Trinajstić information content (AvgIpc) is 2.56. The maximum absolute atomic E-state index is 5.93. The van der Waals surface area contributed by atoms with Gasteiger partial charge in [0.1, 0.15) is 0 Å². The van der Waals surface area contributed by atoms with Gasteiger partial charge in [0.15, 0.2) is 0 Å². The Bertz CT molecular complexity index is 325. The lowest BCUT2D eigenvalue weighted by molar-refractivity contribution is 0.639. The molecule has 3 N–H and O–H groups in total. The fourth-order valence-electron chi connectivity index (χ4n) is 1.95. The molecule has 1 unspecified atom stereocenters. The molecular formula is C11H15ClN2. The summed E-state index contributed by atoms with van der Waals surface area (Å²) in [6.07, 6.45) is 3.30. The van der Waals surface area contributed by atoms with Crippen molar-refractivity contribution >= 4 is 17.3 Å². The highest BCUT2D eigenvalue weighted by molar-refractivity contribution is 6.30. The zero-order valence-electron chi connectivity index (χ0n) is 8.09. The molecule has 0 radical (unpaired) electrons. The van der Waals surface area contributed by atoms with E-state index in [9.17, 15) is 0 Å². The number of anilines is 1. The van der Waals surface area contributed by atoms with Crippen LogP contribution in [0.3, 0.4) is 0 Å². The summed E-state index contributed by atoms with van der Waals surface area (Å²) in [7, 11) is 0. The normalized spacial score (nSPS) is 19.1. The van der Waals surface area contributed by atoms with E-state index in [1.54, 1.807) is 0 Å². The van der Waals surface area contributed by atoms with Crippen LogP contribution < -0.4 is 11.1 Å². The van der Waals surface area contributed by atoms with E-state index in [0.29, 0.717) is 6.04 Å². The van der Waals surface area contributed by atoms with Crippen molar-refractivity contribution in [3.8, 4) is 0 Å². The molecule has 0 fully saturated rings. The number of rotatable bonds is 3. The number of hydrogen-bond donors (Lipinski definition) is 2. The van der Waals surface area contributed by atoms with Crippen molar-refractivity contribution in [3.05, 3.63) is 28.8 Å². The third-order valence-electron chi connectivity index (χ3n) is 2.65. The summed E-state index contributed by atoms with van der Waals surface area (Å²) in [6.45, 7) is 0.773. The number of nitrogens with two attached hydrogens (primary N) is 1. The van der Waals surface area contributed by atoms with E-state index >= 15 is 0 Å². The van der Waals surface area contributed by atoms with Gasteiger partial charge < -0.3 is 11.1 Å². The third kappa shape index (κ3) is 2.02. The van der Waals surface area contributed by atoms with Gasteiger partial charge in [0.25, 0.3) is 0 Å². The van der Waals surface area contributed by atoms with Gasteiger partial charge in [-0.3, -0.25) is 0 Å². The lowest BCUT2D eigenvalue weighted by Gasteiger charge is -2.09. The Kier molecular flexibility index (Phi) is 2.94. The molecule has 1 atom stereocenters. The summed E-state index contributed by atoms with van der Waals surface area (Å²) >= 11 is 5.93. The summed E-state index contributed by atoms with van der Waals surface area (Å²) in [4.78, 5) is 0. The van der Waals surface area contributed by atoms with Gasteiger partial charge in [0.2, 0.25) is 0 Å². The zero-order chi connectivity index (χ0) is 9.97. The lowest BCUT2D eigenvalue weighted by atomic mass is 10.1. The Morgan fingerprint density at radius 3 is 3.14 bits per heavy atom. The molecule has 14 heavy (non-hydrogen) atoms. The smallest absolute Gasteiger partial charge is 0.0410 e. The van der Waals surface area contributed by atoms with Crippen LogP contribution >= 0.6 is 11.6 Å². The van der Waals surface area contributed by atoms with Crippen LogP contribution in [-0.4, -0.2) is 12.6 Å². The molecule has 2 rings (SSSR count). The molecule has 1 aromatic carbocycles. The van der Waals surface area contributed by atoms with Gasteiger partial charge in [-0.2, -0.15) is 0 Å². The van der Waals surface area contributed by atoms with Crippen molar-refractivity contribution in [2.75, 3.05) is 11.9 Å². The number of fused-ring (bicyclic) bond motifs is 1. The van der Waals surface area contributed by atoms with Crippen molar-refractivity contribution in [2.45, 2.75) is 25.3 Å². The molecule has 76 valence electrons. The molecule has 1 aliphatic heterocycles. The van der Waals surface area contributed by atoms with Crippen molar-refractivity contribution in [1.29, 1.82) is 0 Å². The van der Waals surface area contributed by atoms with Crippen molar-refractivity contribution in [2.24, 2.45) is 5.73 Å². The van der Waals surface area contributed by atoms with Crippen LogP contribution in [0.25, 0.3) is 0 Å². The lowest BCUT2D eigenvalue weighted by Crippen LogP contribution is -2.16. The standard InChI is InChI=1S/C11H15ClN2/c12-9-3-4-11-8(6-9)7-10(14-11)2-1-5-13/h3-4,6,10,14H,1-2,5,7,13H2. The molecule has 0 bridgehead atoms. The summed E-state index contributed by atoms with van der Waals surface area (Å²) in [6, 6.07) is 6.58. The predicted molar refractivity (Wildman–Crippen MR) is 60.9 cm³/mol. The number of halogens is 1. The van der Waals surface area contributed by atoms with Crippen LogP contribution in [0.4, 0.5) is 5.69 Å². The Morgan fingerprint density at radius 1 is 1.50 bits per heavy atom. The molecule has 0 spiro atoms. The average molecular weight is 211 g/mol. The Hall–Kier alpha value is -0.730. The highest BCUT2D eigenvalue weighted by Crippen LogP contribution is 2.29. The number of nitrogens with one attached hydrogen (secondary N) is 1. The van der Waals surface area contributed by atoms with E-state index in [2.05, 4.69) is 11.4 Å². The summed E-state index contributed by atoms with van der Waals surface area (Å²) in [5, 5.41) is 4.31. The molecule has 0 aromatic heterocycles. The molecule has 2 nitrogen and oxygen atoms in total. The van der Waals surface area contributed by atoms with Crippen molar-refractivity contribution < 1.29 is 0 Å². The van der Waals surface area contributed by atoms with Crippen LogP contribution in [0, 0.1) is 0 Å². The molecule has 1 aliphatic rings. The molecule has 0 saturated heterocycles. The van der Waals surface area contributed by atoms with Crippen molar-refractivity contribution in [1.82, 2.24) is 0 Å². The molecule has 3 heteroatoms. The fraction of sp³-hybridized carbons (Fsp3) is 0.455. The minimum Gasteiger partial charge on any atom is -0.382 e. The largest absolute Gasteiger partial charge is 0.382 e. The quantitative estimate of drug-likeness (QED) is 0.804. The van der Waals surface area contributed by atoms with Crippen LogP contribution in [0.15, 0.2) is 18.2 Å². The number of benzene rings is 1. The van der Waals surface area contributed by atoms with Crippen LogP contribution in [0.1, 0.15) is 18.4 Å². The van der Waals surface area contributed by atoms with E-state index in [0.717, 1.165) is 30.8 Å². The summed E-state index contributed by atoms with van der Waals surface area (Å²) in [5.41, 5.74) is 8.05. The highest BCUT2D eigenvalue weighted by atomic mass is 35.5. The Morgan fingerprint density at radius 2 is 2.36 bits per heavy atom. The Labute approximate surface area is 89.4 Å². The maximum Gasteiger partial charge on any atom is 0.0410 e. The second-order valence-corrected chi connectivity index (χ2v) is 4.21. The minimum atomic E-state index is 0.548. The van der Waals surface area contributed by atoms with Crippen LogP contribution in [0.5, 0.6) is 0 Å². The molecule has 1 aromatic rings. The van der Waals surface area contributed by atoms with E-state index in [4.69, 9.17) is 17.3 Å². The molecule has 1 heterocycles. The van der Waals surface area contributed by atoms with Crippen LogP contribution in [-0.2, 0) is 6.42 Å². The molecule has 0 saturated carbocycles. The number of hydrogen-bond acceptors (Lipinski definition) is 2. The molecule has 0 aliphatic carbocycles. The molecular weight excluding hydrogens is 196 g/mol. The van der Waals surface area contributed by atoms with E-state index in [1.807, 2.05) is 12.1 Å². The van der Waals surface area contributed by atoms with Crippen molar-refractivity contribution in [3.63, 3.8) is 0 Å². The first kappa shape index (κ1) is 9.81. The van der Waals surface area contributed by atoms with Crippen LogP contribution in [0.2, 0.25) is 5.02 Å². The van der Waals surface area contributed by atoms with Gasteiger partial charge in [0, 0.05) is 16.8 Å². The van der Waals surface area contributed by atoms with Gasteiger partial charge >= 0.3 is 0 Å². The van der Waals surface area contributed by atoms with E-state index in [-0.39, 0.29) is 0 Å².